The van der Waals surface area contributed by atoms with E-state index in [1.807, 2.05) is 24.0 Å². The van der Waals surface area contributed by atoms with Gasteiger partial charge >= 0.3 is 0 Å². The zero-order valence-corrected chi connectivity index (χ0v) is 13.3. The number of pyridine rings is 1. The first-order chi connectivity index (χ1) is 10.1. The molecule has 21 heavy (non-hydrogen) atoms. The van der Waals surface area contributed by atoms with Gasteiger partial charge in [0, 0.05) is 45.5 Å². The van der Waals surface area contributed by atoms with E-state index in [1.165, 1.54) is 0 Å². The van der Waals surface area contributed by atoms with Crippen LogP contribution in [0.3, 0.4) is 0 Å². The maximum Gasteiger partial charge on any atom is 0.255 e. The van der Waals surface area contributed by atoms with Crippen LogP contribution in [0.4, 0.5) is 5.82 Å². The number of nitrogens with zero attached hydrogens (tertiary/aromatic N) is 3. The second-order valence-corrected chi connectivity index (χ2v) is 5.95. The van der Waals surface area contributed by atoms with E-state index in [9.17, 15) is 4.79 Å². The molecule has 5 heteroatoms. The topological polar surface area (TPSA) is 48.5 Å². The van der Waals surface area contributed by atoms with Crippen molar-refractivity contribution >= 4 is 11.7 Å². The van der Waals surface area contributed by atoms with Crippen molar-refractivity contribution in [3.63, 3.8) is 0 Å². The normalized spacial score (nSPS) is 16.3. The van der Waals surface area contributed by atoms with Gasteiger partial charge in [-0.15, -0.1) is 0 Å². The van der Waals surface area contributed by atoms with Crippen LogP contribution in [0.5, 0.6) is 0 Å². The summed E-state index contributed by atoms with van der Waals surface area (Å²) in [4.78, 5) is 21.1. The van der Waals surface area contributed by atoms with Gasteiger partial charge in [-0.05, 0) is 25.0 Å². The maximum atomic E-state index is 12.4. The summed E-state index contributed by atoms with van der Waals surface area (Å²) in [7, 11) is 0. The summed E-state index contributed by atoms with van der Waals surface area (Å²) in [6.45, 7) is 12.0. The van der Waals surface area contributed by atoms with Gasteiger partial charge < -0.3 is 10.2 Å². The standard InChI is InChI=1S/C16H26N4O/c1-4-17-15-6-5-14(11-18-15)16(21)20-9-7-19(8-10-20)12-13(2)3/h5-6,11,13H,4,7-10,12H2,1-3H3,(H,17,18). The van der Waals surface area contributed by atoms with Gasteiger partial charge in [0.25, 0.3) is 5.91 Å². The summed E-state index contributed by atoms with van der Waals surface area (Å²) in [6, 6.07) is 3.72. The van der Waals surface area contributed by atoms with Crippen molar-refractivity contribution in [3.8, 4) is 0 Å². The smallest absolute Gasteiger partial charge is 0.255 e. The van der Waals surface area contributed by atoms with Crippen LogP contribution < -0.4 is 5.32 Å². The van der Waals surface area contributed by atoms with Gasteiger partial charge in [0.2, 0.25) is 0 Å². The van der Waals surface area contributed by atoms with Crippen molar-refractivity contribution in [3.05, 3.63) is 23.9 Å². The lowest BCUT2D eigenvalue weighted by Crippen LogP contribution is -2.49. The van der Waals surface area contributed by atoms with Crippen molar-refractivity contribution < 1.29 is 4.79 Å². The summed E-state index contributed by atoms with van der Waals surface area (Å²) in [5.74, 6) is 1.58. The molecule has 5 nitrogen and oxygen atoms in total. The summed E-state index contributed by atoms with van der Waals surface area (Å²) in [6.07, 6.45) is 1.67. The van der Waals surface area contributed by atoms with Gasteiger partial charge in [0.05, 0.1) is 5.56 Å². The van der Waals surface area contributed by atoms with Gasteiger partial charge in [-0.25, -0.2) is 4.98 Å². The molecular weight excluding hydrogens is 264 g/mol. The van der Waals surface area contributed by atoms with Crippen LogP contribution in [0.1, 0.15) is 31.1 Å². The molecule has 1 fully saturated rings. The van der Waals surface area contributed by atoms with Crippen LogP contribution in [0, 0.1) is 5.92 Å². The van der Waals surface area contributed by atoms with E-state index in [0.717, 1.165) is 45.1 Å². The molecule has 0 aliphatic carbocycles. The fourth-order valence-corrected chi connectivity index (χ4v) is 2.64. The predicted molar refractivity (Wildman–Crippen MR) is 85.6 cm³/mol. The van der Waals surface area contributed by atoms with E-state index in [-0.39, 0.29) is 5.91 Å². The van der Waals surface area contributed by atoms with Gasteiger partial charge in [-0.2, -0.15) is 0 Å². The number of carbonyl (C=O) groups is 1. The molecule has 1 saturated heterocycles. The second kappa shape index (κ2) is 7.41. The number of hydrogen-bond donors (Lipinski definition) is 1. The molecule has 1 aromatic heterocycles. The number of piperazine rings is 1. The highest BCUT2D eigenvalue weighted by molar-refractivity contribution is 5.94. The van der Waals surface area contributed by atoms with Crippen molar-refractivity contribution in [2.75, 3.05) is 44.6 Å². The summed E-state index contributed by atoms with van der Waals surface area (Å²) >= 11 is 0. The molecule has 0 bridgehead atoms. The minimum absolute atomic E-state index is 0.0924. The Kier molecular flexibility index (Phi) is 5.56. The minimum atomic E-state index is 0.0924. The monoisotopic (exact) mass is 290 g/mol. The zero-order valence-electron chi connectivity index (χ0n) is 13.3. The molecule has 2 heterocycles. The van der Waals surface area contributed by atoms with E-state index < -0.39 is 0 Å². The Morgan fingerprint density at radius 2 is 2.00 bits per heavy atom. The number of hydrogen-bond acceptors (Lipinski definition) is 4. The average Bonchev–Trinajstić information content (AvgIpc) is 2.48. The highest BCUT2D eigenvalue weighted by Gasteiger charge is 2.22. The Hall–Kier alpha value is -1.62. The lowest BCUT2D eigenvalue weighted by Gasteiger charge is -2.35. The van der Waals surface area contributed by atoms with E-state index >= 15 is 0 Å². The van der Waals surface area contributed by atoms with Gasteiger partial charge in [0.1, 0.15) is 5.82 Å². The number of anilines is 1. The largest absolute Gasteiger partial charge is 0.370 e. The first kappa shape index (κ1) is 15.8. The van der Waals surface area contributed by atoms with Crippen LogP contribution in [-0.4, -0.2) is 60.0 Å². The van der Waals surface area contributed by atoms with E-state index in [0.29, 0.717) is 11.5 Å². The molecule has 0 saturated carbocycles. The van der Waals surface area contributed by atoms with E-state index in [1.54, 1.807) is 6.20 Å². The summed E-state index contributed by atoms with van der Waals surface area (Å²) in [5, 5.41) is 3.13. The molecule has 1 aliphatic heterocycles. The average molecular weight is 290 g/mol. The second-order valence-electron chi connectivity index (χ2n) is 5.95. The first-order valence-corrected chi connectivity index (χ1v) is 7.81. The minimum Gasteiger partial charge on any atom is -0.370 e. The Labute approximate surface area is 127 Å². The molecular formula is C16H26N4O. The maximum absolute atomic E-state index is 12.4. The van der Waals surface area contributed by atoms with Crippen LogP contribution in [-0.2, 0) is 0 Å². The molecule has 1 aliphatic rings. The Balaban J connectivity index is 1.89. The lowest BCUT2D eigenvalue weighted by atomic mass is 10.1. The van der Waals surface area contributed by atoms with Crippen molar-refractivity contribution in [1.29, 1.82) is 0 Å². The van der Waals surface area contributed by atoms with E-state index in [2.05, 4.69) is 29.0 Å². The van der Waals surface area contributed by atoms with Crippen molar-refractivity contribution in [1.82, 2.24) is 14.8 Å². The van der Waals surface area contributed by atoms with Crippen LogP contribution >= 0.6 is 0 Å². The summed E-state index contributed by atoms with van der Waals surface area (Å²) in [5.41, 5.74) is 0.675. The summed E-state index contributed by atoms with van der Waals surface area (Å²) < 4.78 is 0. The highest BCUT2D eigenvalue weighted by Crippen LogP contribution is 2.11. The quantitative estimate of drug-likeness (QED) is 0.900. The number of aromatic nitrogens is 1. The fourth-order valence-electron chi connectivity index (χ4n) is 2.64. The molecule has 2 rings (SSSR count). The Bertz CT molecular complexity index is 450. The third-order valence-corrected chi connectivity index (χ3v) is 3.65. The van der Waals surface area contributed by atoms with Gasteiger partial charge in [-0.1, -0.05) is 13.8 Å². The SMILES string of the molecule is CCNc1ccc(C(=O)N2CCN(CC(C)C)CC2)cn1. The third-order valence-electron chi connectivity index (χ3n) is 3.65. The number of amides is 1. The molecule has 0 unspecified atom stereocenters. The highest BCUT2D eigenvalue weighted by atomic mass is 16.2. The molecule has 0 spiro atoms. The Morgan fingerprint density at radius 3 is 2.52 bits per heavy atom. The van der Waals surface area contributed by atoms with Gasteiger partial charge in [-0.3, -0.25) is 9.69 Å². The third kappa shape index (κ3) is 4.43. The molecule has 0 atom stereocenters. The fraction of sp³-hybridized carbons (Fsp3) is 0.625. The molecule has 1 amide bonds. The number of nitrogens with one attached hydrogen (secondary N) is 1. The molecule has 116 valence electrons. The molecule has 0 radical (unpaired) electrons. The zero-order chi connectivity index (χ0) is 15.2. The number of rotatable bonds is 5. The predicted octanol–water partition coefficient (Wildman–Crippen LogP) is 1.93. The van der Waals surface area contributed by atoms with Crippen LogP contribution in [0.2, 0.25) is 0 Å². The van der Waals surface area contributed by atoms with Crippen molar-refractivity contribution in [2.45, 2.75) is 20.8 Å². The van der Waals surface area contributed by atoms with Gasteiger partial charge in [0.15, 0.2) is 0 Å². The van der Waals surface area contributed by atoms with Crippen LogP contribution in [0.15, 0.2) is 18.3 Å². The number of carbonyl (C=O) groups excluding carboxylic acids is 1. The van der Waals surface area contributed by atoms with Crippen LogP contribution in [0.25, 0.3) is 0 Å². The van der Waals surface area contributed by atoms with E-state index in [4.69, 9.17) is 0 Å². The lowest BCUT2D eigenvalue weighted by molar-refractivity contribution is 0.0623. The van der Waals surface area contributed by atoms with Crippen molar-refractivity contribution in [2.24, 2.45) is 5.92 Å². The molecule has 1 aromatic rings. The first-order valence-electron chi connectivity index (χ1n) is 7.81. The Morgan fingerprint density at radius 1 is 1.29 bits per heavy atom. The molecule has 1 N–H and O–H groups in total. The molecule has 0 aromatic carbocycles.